The van der Waals surface area contributed by atoms with Gasteiger partial charge in [0.25, 0.3) is 0 Å². The van der Waals surface area contributed by atoms with Gasteiger partial charge < -0.3 is 10.1 Å². The molecule has 1 atom stereocenters. The van der Waals surface area contributed by atoms with Crippen molar-refractivity contribution in [3.63, 3.8) is 0 Å². The molecular formula is C11H23NO3S. The molecule has 0 aliphatic rings. The van der Waals surface area contributed by atoms with Crippen molar-refractivity contribution >= 4 is 16.8 Å². The molecule has 96 valence electrons. The summed E-state index contributed by atoms with van der Waals surface area (Å²) in [4.78, 5) is 11.3. The van der Waals surface area contributed by atoms with Gasteiger partial charge in [-0.05, 0) is 20.8 Å². The lowest BCUT2D eigenvalue weighted by Gasteiger charge is -2.19. The van der Waals surface area contributed by atoms with Crippen molar-refractivity contribution in [2.45, 2.75) is 39.7 Å². The second-order valence-electron chi connectivity index (χ2n) is 4.52. The third kappa shape index (κ3) is 10.1. The van der Waals surface area contributed by atoms with Crippen molar-refractivity contribution in [1.29, 1.82) is 0 Å². The van der Waals surface area contributed by atoms with E-state index in [2.05, 4.69) is 5.32 Å². The van der Waals surface area contributed by atoms with E-state index in [-0.39, 0.29) is 5.97 Å². The quantitative estimate of drug-likeness (QED) is 0.542. The zero-order valence-corrected chi connectivity index (χ0v) is 11.5. The monoisotopic (exact) mass is 249 g/mol. The van der Waals surface area contributed by atoms with Crippen LogP contribution in [0, 0.1) is 0 Å². The highest BCUT2D eigenvalue weighted by molar-refractivity contribution is 7.84. The summed E-state index contributed by atoms with van der Waals surface area (Å²) in [6, 6.07) is 0. The van der Waals surface area contributed by atoms with Crippen LogP contribution in [0.1, 0.15) is 34.1 Å². The van der Waals surface area contributed by atoms with E-state index < -0.39 is 16.4 Å². The van der Waals surface area contributed by atoms with Crippen molar-refractivity contribution in [1.82, 2.24) is 5.32 Å². The van der Waals surface area contributed by atoms with Crippen LogP contribution >= 0.6 is 0 Å². The first-order valence-corrected chi connectivity index (χ1v) is 7.11. The van der Waals surface area contributed by atoms with Crippen molar-refractivity contribution in [2.24, 2.45) is 0 Å². The highest BCUT2D eigenvalue weighted by Gasteiger charge is 2.15. The Labute approximate surface area is 101 Å². The summed E-state index contributed by atoms with van der Waals surface area (Å²) < 4.78 is 16.2. The van der Waals surface area contributed by atoms with E-state index >= 15 is 0 Å². The lowest BCUT2D eigenvalue weighted by Crippen LogP contribution is -2.28. The largest absolute Gasteiger partial charge is 0.460 e. The fraction of sp³-hybridized carbons (Fsp3) is 0.909. The summed E-state index contributed by atoms with van der Waals surface area (Å²) in [6.45, 7) is 8.71. The van der Waals surface area contributed by atoms with E-state index in [1.54, 1.807) is 0 Å². The smallest absolute Gasteiger partial charge is 0.307 e. The SMILES string of the molecule is CCS(=O)CCNCCC(=O)OC(C)(C)C. The number of hydrogen-bond acceptors (Lipinski definition) is 4. The second kappa shape index (κ2) is 7.79. The molecule has 16 heavy (non-hydrogen) atoms. The maximum atomic E-state index is 11.3. The maximum absolute atomic E-state index is 11.3. The first-order chi connectivity index (χ1) is 7.35. The topological polar surface area (TPSA) is 55.4 Å². The Bertz CT molecular complexity index is 236. The standard InChI is InChI=1S/C11H23NO3S/c1-5-16(14)9-8-12-7-6-10(13)15-11(2,3)4/h12H,5-9H2,1-4H3. The molecular weight excluding hydrogens is 226 g/mol. The molecule has 4 nitrogen and oxygen atoms in total. The van der Waals surface area contributed by atoms with Gasteiger partial charge in [-0.25, -0.2) is 0 Å². The minimum Gasteiger partial charge on any atom is -0.460 e. The van der Waals surface area contributed by atoms with Crippen LogP contribution in [0.5, 0.6) is 0 Å². The van der Waals surface area contributed by atoms with Gasteiger partial charge in [0.2, 0.25) is 0 Å². The summed E-state index contributed by atoms with van der Waals surface area (Å²) in [7, 11) is -0.736. The molecule has 0 heterocycles. The molecule has 0 saturated carbocycles. The summed E-state index contributed by atoms with van der Waals surface area (Å²) >= 11 is 0. The Kier molecular flexibility index (Phi) is 7.58. The molecule has 5 heteroatoms. The third-order valence-electron chi connectivity index (χ3n) is 1.75. The third-order valence-corrected chi connectivity index (χ3v) is 3.06. The van der Waals surface area contributed by atoms with Gasteiger partial charge in [0, 0.05) is 35.4 Å². The van der Waals surface area contributed by atoms with E-state index in [0.717, 1.165) is 0 Å². The van der Waals surface area contributed by atoms with Crippen molar-refractivity contribution < 1.29 is 13.7 Å². The van der Waals surface area contributed by atoms with Gasteiger partial charge in [-0.1, -0.05) is 6.92 Å². The molecule has 0 aromatic heterocycles. The fourth-order valence-electron chi connectivity index (χ4n) is 1.04. The minimum atomic E-state index is -0.736. The Hall–Kier alpha value is -0.420. The van der Waals surface area contributed by atoms with Crippen molar-refractivity contribution in [2.75, 3.05) is 24.6 Å². The van der Waals surface area contributed by atoms with E-state index in [4.69, 9.17) is 4.74 Å². The van der Waals surface area contributed by atoms with Gasteiger partial charge in [0.15, 0.2) is 0 Å². The summed E-state index contributed by atoms with van der Waals surface area (Å²) in [6.07, 6.45) is 0.357. The number of carbonyl (C=O) groups is 1. The molecule has 0 amide bonds. The first-order valence-electron chi connectivity index (χ1n) is 5.62. The lowest BCUT2D eigenvalue weighted by atomic mass is 10.2. The number of nitrogens with one attached hydrogen (secondary N) is 1. The van der Waals surface area contributed by atoms with Gasteiger partial charge in [-0.2, -0.15) is 0 Å². The van der Waals surface area contributed by atoms with E-state index in [9.17, 15) is 9.00 Å². The Balaban J connectivity index is 3.45. The summed E-state index contributed by atoms with van der Waals surface area (Å²) in [5.41, 5.74) is -0.416. The molecule has 1 unspecified atom stereocenters. The molecule has 0 fully saturated rings. The molecule has 1 N–H and O–H groups in total. The number of esters is 1. The number of rotatable bonds is 7. The highest BCUT2D eigenvalue weighted by Crippen LogP contribution is 2.07. The van der Waals surface area contributed by atoms with E-state index in [0.29, 0.717) is 31.0 Å². The van der Waals surface area contributed by atoms with Gasteiger partial charge >= 0.3 is 5.97 Å². The predicted molar refractivity (Wildman–Crippen MR) is 66.9 cm³/mol. The molecule has 0 aliphatic carbocycles. The zero-order chi connectivity index (χ0) is 12.6. The lowest BCUT2D eigenvalue weighted by molar-refractivity contribution is -0.154. The van der Waals surface area contributed by atoms with Crippen molar-refractivity contribution in [3.05, 3.63) is 0 Å². The van der Waals surface area contributed by atoms with Crippen LogP contribution in [0.2, 0.25) is 0 Å². The molecule has 0 spiro atoms. The van der Waals surface area contributed by atoms with Crippen LogP contribution in [-0.2, 0) is 20.3 Å². The van der Waals surface area contributed by atoms with Gasteiger partial charge in [0.05, 0.1) is 6.42 Å². The van der Waals surface area contributed by atoms with Gasteiger partial charge in [-0.3, -0.25) is 9.00 Å². The fourth-order valence-corrected chi connectivity index (χ4v) is 1.70. The Morgan fingerprint density at radius 3 is 2.44 bits per heavy atom. The maximum Gasteiger partial charge on any atom is 0.307 e. The van der Waals surface area contributed by atoms with Crippen LogP contribution in [0.15, 0.2) is 0 Å². The molecule has 0 aromatic carbocycles. The molecule has 0 aromatic rings. The molecule has 0 saturated heterocycles. The van der Waals surface area contributed by atoms with Crippen LogP contribution in [0.25, 0.3) is 0 Å². The van der Waals surface area contributed by atoms with Crippen LogP contribution in [0.4, 0.5) is 0 Å². The predicted octanol–water partition coefficient (Wildman–Crippen LogP) is 1.08. The minimum absolute atomic E-state index is 0.198. The number of carbonyl (C=O) groups excluding carboxylic acids is 1. The average molecular weight is 249 g/mol. The van der Waals surface area contributed by atoms with E-state index in [1.807, 2.05) is 27.7 Å². The number of ether oxygens (including phenoxy) is 1. The highest BCUT2D eigenvalue weighted by atomic mass is 32.2. The van der Waals surface area contributed by atoms with Gasteiger partial charge in [0.1, 0.15) is 5.60 Å². The molecule has 0 radical (unpaired) electrons. The average Bonchev–Trinajstić information content (AvgIpc) is 2.14. The molecule has 0 bridgehead atoms. The molecule has 0 rings (SSSR count). The summed E-state index contributed by atoms with van der Waals surface area (Å²) in [5.74, 6) is 1.13. The Morgan fingerprint density at radius 1 is 1.31 bits per heavy atom. The molecule has 0 aliphatic heterocycles. The summed E-state index contributed by atoms with van der Waals surface area (Å²) in [5, 5.41) is 3.07. The second-order valence-corrected chi connectivity index (χ2v) is 6.38. The normalized spacial score (nSPS) is 13.5. The van der Waals surface area contributed by atoms with Crippen LogP contribution in [0.3, 0.4) is 0 Å². The Morgan fingerprint density at radius 2 is 1.94 bits per heavy atom. The van der Waals surface area contributed by atoms with Gasteiger partial charge in [-0.15, -0.1) is 0 Å². The first kappa shape index (κ1) is 15.6. The van der Waals surface area contributed by atoms with Crippen molar-refractivity contribution in [3.8, 4) is 0 Å². The van der Waals surface area contributed by atoms with Crippen LogP contribution < -0.4 is 5.32 Å². The number of hydrogen-bond donors (Lipinski definition) is 1. The van der Waals surface area contributed by atoms with E-state index in [1.165, 1.54) is 0 Å². The zero-order valence-electron chi connectivity index (χ0n) is 10.7. The van der Waals surface area contributed by atoms with Crippen LogP contribution in [-0.4, -0.2) is 40.4 Å².